The fourth-order valence-corrected chi connectivity index (χ4v) is 6.82. The Morgan fingerprint density at radius 1 is 1.17 bits per heavy atom. The molecule has 0 radical (unpaired) electrons. The van der Waals surface area contributed by atoms with Crippen LogP contribution >= 0.6 is 7.75 Å². The molecule has 1 saturated heterocycles. The van der Waals surface area contributed by atoms with Gasteiger partial charge in [-0.25, -0.2) is 9.55 Å². The summed E-state index contributed by atoms with van der Waals surface area (Å²) < 4.78 is 38.8. The van der Waals surface area contributed by atoms with Crippen molar-refractivity contribution in [2.24, 2.45) is 0 Å². The van der Waals surface area contributed by atoms with Crippen LogP contribution in [0.1, 0.15) is 25.6 Å². The van der Waals surface area contributed by atoms with E-state index in [-0.39, 0.29) is 29.5 Å². The number of aromatic amines is 1. The highest BCUT2D eigenvalue weighted by molar-refractivity contribution is 7.52. The zero-order chi connectivity index (χ0) is 33.3. The van der Waals surface area contributed by atoms with Crippen LogP contribution in [0.4, 0.5) is 5.95 Å². The fourth-order valence-electron chi connectivity index (χ4n) is 5.30. The minimum absolute atomic E-state index is 0.00504. The molecule has 1 aliphatic heterocycles. The first-order valence-electron chi connectivity index (χ1n) is 14.6. The van der Waals surface area contributed by atoms with Crippen LogP contribution in [-0.4, -0.2) is 66.2 Å². The number of nitrogens with one attached hydrogen (secondary N) is 2. The Labute approximate surface area is 267 Å². The molecule has 3 heterocycles. The minimum atomic E-state index is -4.42. The molecule has 47 heavy (non-hydrogen) atoms. The van der Waals surface area contributed by atoms with Gasteiger partial charge in [0.25, 0.3) is 5.56 Å². The number of benzene rings is 3. The van der Waals surface area contributed by atoms with E-state index in [1.165, 1.54) is 24.7 Å². The number of esters is 1. The summed E-state index contributed by atoms with van der Waals surface area (Å²) in [6.45, 7) is 2.20. The summed E-state index contributed by atoms with van der Waals surface area (Å²) in [5, 5.41) is 26.5. The van der Waals surface area contributed by atoms with Crippen LogP contribution in [0.5, 0.6) is 5.75 Å². The number of imidazole rings is 1. The second-order valence-electron chi connectivity index (χ2n) is 11.3. The maximum absolute atomic E-state index is 14.4. The highest BCUT2D eigenvalue weighted by atomic mass is 31.2. The van der Waals surface area contributed by atoms with Crippen molar-refractivity contribution >= 4 is 41.6 Å². The molecule has 5 aromatic rings. The number of ether oxygens (including phenoxy) is 2. The number of aliphatic hydroxyl groups excluding tert-OH is 1. The van der Waals surface area contributed by atoms with Crippen molar-refractivity contribution in [3.05, 3.63) is 95.0 Å². The lowest BCUT2D eigenvalue weighted by Gasteiger charge is -2.27. The SMILES string of the molecule is C[C@H](NP(=O)(OC[C@H]1O[C@@H](n2cnc3c(=O)[nH]c(N)nc32)C(C)(O)C1O)Oc1cccc2ccccc12)C(=O)OCc1ccccc1. The number of nitrogens with zero attached hydrogens (tertiary/aromatic N) is 3. The lowest BCUT2D eigenvalue weighted by atomic mass is 9.96. The van der Waals surface area contributed by atoms with E-state index in [0.29, 0.717) is 5.39 Å². The number of hydrogen-bond acceptors (Lipinski definition) is 12. The first-order valence-corrected chi connectivity index (χ1v) is 16.2. The highest BCUT2D eigenvalue weighted by Gasteiger charge is 2.54. The normalized spacial score (nSPS) is 23.0. The Hall–Kier alpha value is -4.63. The second-order valence-corrected chi connectivity index (χ2v) is 13.0. The first-order chi connectivity index (χ1) is 22.4. The van der Waals surface area contributed by atoms with Crippen molar-refractivity contribution in [1.82, 2.24) is 24.6 Å². The summed E-state index contributed by atoms with van der Waals surface area (Å²) >= 11 is 0. The molecule has 1 aliphatic rings. The van der Waals surface area contributed by atoms with Crippen molar-refractivity contribution in [3.8, 4) is 5.75 Å². The number of carbonyl (C=O) groups is 1. The molecule has 0 spiro atoms. The van der Waals surface area contributed by atoms with E-state index >= 15 is 0 Å². The molecule has 0 saturated carbocycles. The molecule has 1 fully saturated rings. The third-order valence-corrected chi connectivity index (χ3v) is 9.39. The molecule has 3 unspecified atom stereocenters. The average molecular weight is 665 g/mol. The van der Waals surface area contributed by atoms with E-state index in [1.807, 2.05) is 36.4 Å². The minimum Gasteiger partial charge on any atom is -0.460 e. The predicted octanol–water partition coefficient (Wildman–Crippen LogP) is 2.79. The van der Waals surface area contributed by atoms with Crippen molar-refractivity contribution in [1.29, 1.82) is 0 Å². The van der Waals surface area contributed by atoms with Gasteiger partial charge in [-0.2, -0.15) is 10.1 Å². The van der Waals surface area contributed by atoms with Crippen molar-refractivity contribution < 1.29 is 38.1 Å². The van der Waals surface area contributed by atoms with Crippen LogP contribution in [-0.2, 0) is 30.0 Å². The van der Waals surface area contributed by atoms with E-state index in [2.05, 4.69) is 20.0 Å². The lowest BCUT2D eigenvalue weighted by molar-refractivity contribution is -0.146. The van der Waals surface area contributed by atoms with Crippen LogP contribution in [0.25, 0.3) is 21.9 Å². The number of hydrogen-bond donors (Lipinski definition) is 5. The van der Waals surface area contributed by atoms with E-state index in [9.17, 15) is 24.4 Å². The maximum Gasteiger partial charge on any atom is 0.459 e. The van der Waals surface area contributed by atoms with Gasteiger partial charge < -0.3 is 29.9 Å². The number of fused-ring (bicyclic) bond motifs is 2. The molecule has 0 bridgehead atoms. The molecule has 2 aromatic heterocycles. The molecule has 6 N–H and O–H groups in total. The number of H-pyrrole nitrogens is 1. The molecular formula is C31H33N6O9P. The Bertz CT molecular complexity index is 2010. The van der Waals surface area contributed by atoms with Gasteiger partial charge in [0, 0.05) is 5.39 Å². The first kappa shape index (κ1) is 32.3. The Morgan fingerprint density at radius 3 is 2.68 bits per heavy atom. The van der Waals surface area contributed by atoms with Gasteiger partial charge >= 0.3 is 13.7 Å². The smallest absolute Gasteiger partial charge is 0.459 e. The largest absolute Gasteiger partial charge is 0.460 e. The summed E-state index contributed by atoms with van der Waals surface area (Å²) in [6.07, 6.45) is -2.93. The standard InChI is InChI=1S/C31H33N6O9P/c1-18(28(40)43-15-19-9-4-3-5-10-19)36-47(42,46-22-14-8-12-20-11-6-7-13-21(20)22)44-16-23-25(38)31(2,41)29(45-23)37-17-33-24-26(37)34-30(32)35-27(24)39/h3-14,17-18,23,25,29,38,41H,15-16H2,1-2H3,(H,36,42)(H3,32,34,35,39)/t18-,23+,25?,29+,31?,47?/m0/s1. The molecule has 0 aliphatic carbocycles. The summed E-state index contributed by atoms with van der Waals surface area (Å²) in [7, 11) is -4.42. The number of aliphatic hydroxyl groups is 2. The van der Waals surface area contributed by atoms with Gasteiger partial charge in [0.15, 0.2) is 17.4 Å². The van der Waals surface area contributed by atoms with E-state index in [0.717, 1.165) is 10.9 Å². The predicted molar refractivity (Wildman–Crippen MR) is 170 cm³/mol. The fraction of sp³-hybridized carbons (Fsp3) is 0.290. The van der Waals surface area contributed by atoms with Crippen LogP contribution in [0.2, 0.25) is 0 Å². The average Bonchev–Trinajstić information content (AvgIpc) is 3.56. The van der Waals surface area contributed by atoms with E-state index in [1.54, 1.807) is 36.4 Å². The molecule has 16 heteroatoms. The number of carbonyl (C=O) groups excluding carboxylic acids is 1. The van der Waals surface area contributed by atoms with Gasteiger partial charge in [-0.15, -0.1) is 0 Å². The van der Waals surface area contributed by atoms with Gasteiger partial charge in [-0.05, 0) is 30.9 Å². The summed E-state index contributed by atoms with van der Waals surface area (Å²) in [5.74, 6) is -0.690. The number of nitrogens with two attached hydrogens (primary N) is 1. The molecule has 15 nitrogen and oxygen atoms in total. The van der Waals surface area contributed by atoms with Gasteiger partial charge in [-0.3, -0.25) is 23.7 Å². The third-order valence-electron chi connectivity index (χ3n) is 7.76. The molecule has 0 amide bonds. The third kappa shape index (κ3) is 6.63. The van der Waals surface area contributed by atoms with Crippen molar-refractivity contribution in [3.63, 3.8) is 0 Å². The van der Waals surface area contributed by atoms with Crippen LogP contribution in [0.3, 0.4) is 0 Å². The quantitative estimate of drug-likeness (QED) is 0.102. The van der Waals surface area contributed by atoms with Gasteiger partial charge in [0.2, 0.25) is 5.95 Å². The van der Waals surface area contributed by atoms with Gasteiger partial charge in [-0.1, -0.05) is 66.7 Å². The Kier molecular flexibility index (Phi) is 8.85. The topological polar surface area (TPSA) is 213 Å². The van der Waals surface area contributed by atoms with E-state index in [4.69, 9.17) is 24.3 Å². The van der Waals surface area contributed by atoms with E-state index < -0.39 is 56.0 Å². The molecule has 246 valence electrons. The monoisotopic (exact) mass is 664 g/mol. The number of nitrogen functional groups attached to an aromatic ring is 1. The summed E-state index contributed by atoms with van der Waals surface area (Å²) in [4.78, 5) is 35.7. The Balaban J connectivity index is 1.24. The van der Waals surface area contributed by atoms with Crippen molar-refractivity contribution in [2.75, 3.05) is 12.3 Å². The summed E-state index contributed by atoms with van der Waals surface area (Å²) in [6, 6.07) is 20.3. The number of rotatable bonds is 11. The molecule has 6 atom stereocenters. The lowest BCUT2D eigenvalue weighted by Crippen LogP contribution is -2.44. The zero-order valence-electron chi connectivity index (χ0n) is 25.3. The second kappa shape index (κ2) is 12.9. The molecular weight excluding hydrogens is 631 g/mol. The van der Waals surface area contributed by atoms with Crippen molar-refractivity contribution in [2.45, 2.75) is 50.5 Å². The van der Waals surface area contributed by atoms with Gasteiger partial charge in [0.1, 0.15) is 36.2 Å². The van der Waals surface area contributed by atoms with Crippen LogP contribution in [0, 0.1) is 0 Å². The van der Waals surface area contributed by atoms with Gasteiger partial charge in [0.05, 0.1) is 12.9 Å². The highest BCUT2D eigenvalue weighted by Crippen LogP contribution is 2.48. The number of anilines is 1. The summed E-state index contributed by atoms with van der Waals surface area (Å²) in [5.41, 5.74) is 3.88. The molecule has 3 aromatic carbocycles. The molecule has 6 rings (SSSR count). The zero-order valence-corrected chi connectivity index (χ0v) is 26.2. The maximum atomic E-state index is 14.4. The van der Waals surface area contributed by atoms with Crippen LogP contribution in [0.15, 0.2) is 83.9 Å². The van der Waals surface area contributed by atoms with Crippen LogP contribution < -0.4 is 20.9 Å². The number of aromatic nitrogens is 4. The Morgan fingerprint density at radius 2 is 1.89 bits per heavy atom.